The van der Waals surface area contributed by atoms with E-state index in [1.165, 1.54) is 0 Å². The lowest BCUT2D eigenvalue weighted by Crippen LogP contribution is -2.31. The molecule has 7 heteroatoms. The Bertz CT molecular complexity index is 669. The van der Waals surface area contributed by atoms with Gasteiger partial charge < -0.3 is 0 Å². The fraction of sp³-hybridized carbons (Fsp3) is 0. The summed E-state index contributed by atoms with van der Waals surface area (Å²) in [5.74, 6) is 0. The van der Waals surface area contributed by atoms with Gasteiger partial charge in [-0.3, -0.25) is 19.7 Å². The van der Waals surface area contributed by atoms with Crippen LogP contribution < -0.4 is 16.9 Å². The molecule has 7 nitrogen and oxygen atoms in total. The van der Waals surface area contributed by atoms with Gasteiger partial charge in [0.25, 0.3) is 5.56 Å². The lowest BCUT2D eigenvalue weighted by molar-refractivity contribution is 0.946. The van der Waals surface area contributed by atoms with Crippen LogP contribution in [0.5, 0.6) is 0 Å². The van der Waals surface area contributed by atoms with Crippen LogP contribution in [0.3, 0.4) is 0 Å². The van der Waals surface area contributed by atoms with Crippen LogP contribution in [0.1, 0.15) is 0 Å². The fourth-order valence-corrected chi connectivity index (χ4v) is 1.18. The van der Waals surface area contributed by atoms with Gasteiger partial charge in [-0.2, -0.15) is 0 Å². The van der Waals surface area contributed by atoms with Gasteiger partial charge in [-0.25, -0.2) is 14.2 Å². The average molecular weight is 194 g/mol. The van der Waals surface area contributed by atoms with Gasteiger partial charge in [-0.1, -0.05) is 6.58 Å². The van der Waals surface area contributed by atoms with Crippen LogP contribution in [0.15, 0.2) is 21.0 Å². The maximum Gasteiger partial charge on any atom is 0.334 e. The van der Waals surface area contributed by atoms with Crippen molar-refractivity contribution in [3.05, 3.63) is 37.9 Å². The zero-order valence-corrected chi connectivity index (χ0v) is 6.96. The zero-order chi connectivity index (χ0) is 10.3. The summed E-state index contributed by atoms with van der Waals surface area (Å²) in [7, 11) is 0. The van der Waals surface area contributed by atoms with Crippen molar-refractivity contribution in [2.75, 3.05) is 0 Å². The highest BCUT2D eigenvalue weighted by Crippen LogP contribution is 1.91. The maximum absolute atomic E-state index is 11.5. The van der Waals surface area contributed by atoms with E-state index < -0.39 is 16.9 Å². The second-order valence-electron chi connectivity index (χ2n) is 2.62. The molecule has 2 aromatic heterocycles. The van der Waals surface area contributed by atoms with E-state index in [9.17, 15) is 14.4 Å². The third-order valence-corrected chi connectivity index (χ3v) is 1.79. The smallest absolute Gasteiger partial charge is 0.300 e. The first-order chi connectivity index (χ1) is 6.63. The Balaban J connectivity index is 3.15. The number of nitrogens with one attached hydrogen (secondary N) is 3. The largest absolute Gasteiger partial charge is 0.334 e. The predicted octanol–water partition coefficient (Wildman–Crippen LogP) is -1.19. The van der Waals surface area contributed by atoms with E-state index in [1.54, 1.807) is 0 Å². The molecular weight excluding hydrogens is 188 g/mol. The number of hydrogen-bond donors (Lipinski definition) is 3. The molecule has 0 fully saturated rings. The molecule has 0 aliphatic rings. The van der Waals surface area contributed by atoms with Gasteiger partial charge in [0.2, 0.25) is 0 Å². The summed E-state index contributed by atoms with van der Waals surface area (Å²) >= 11 is 0. The van der Waals surface area contributed by atoms with Crippen molar-refractivity contribution >= 4 is 17.4 Å². The molecule has 2 heterocycles. The Kier molecular flexibility index (Phi) is 1.53. The quantitative estimate of drug-likeness (QED) is 0.531. The topological polar surface area (TPSA) is 104 Å². The normalized spacial score (nSPS) is 10.6. The van der Waals surface area contributed by atoms with Gasteiger partial charge in [0.1, 0.15) is 5.65 Å². The molecule has 0 aliphatic heterocycles. The molecule has 0 amide bonds. The second kappa shape index (κ2) is 2.59. The summed E-state index contributed by atoms with van der Waals surface area (Å²) in [6, 6.07) is 0. The lowest BCUT2D eigenvalue weighted by atomic mass is 10.5. The Labute approximate surface area is 75.7 Å². The number of aromatic nitrogens is 4. The van der Waals surface area contributed by atoms with Crippen LogP contribution in [-0.2, 0) is 0 Å². The minimum atomic E-state index is -0.646. The third-order valence-electron chi connectivity index (χ3n) is 1.79. The standard InChI is InChI=1S/C7H6N4O3/c1-2-11-5(12)3-4(10-7(11)14)9-6(13)8-3/h2H,1H2,(H,10,14)(H2,8,9,13). The van der Waals surface area contributed by atoms with Crippen molar-refractivity contribution in [2.24, 2.45) is 0 Å². The minimum absolute atomic E-state index is 0.0227. The molecule has 0 aliphatic carbocycles. The van der Waals surface area contributed by atoms with E-state index in [0.717, 1.165) is 10.8 Å². The number of rotatable bonds is 1. The van der Waals surface area contributed by atoms with E-state index >= 15 is 0 Å². The highest BCUT2D eigenvalue weighted by molar-refractivity contribution is 5.68. The van der Waals surface area contributed by atoms with Gasteiger partial charge in [0.05, 0.1) is 0 Å². The molecule has 0 radical (unpaired) electrons. The Hall–Kier alpha value is -2.31. The molecule has 0 saturated heterocycles. The Morgan fingerprint density at radius 2 is 1.86 bits per heavy atom. The average Bonchev–Trinajstić information content (AvgIpc) is 2.47. The molecule has 72 valence electrons. The second-order valence-corrected chi connectivity index (χ2v) is 2.62. The van der Waals surface area contributed by atoms with Crippen LogP contribution in [-0.4, -0.2) is 19.5 Å². The number of nitrogens with zero attached hydrogens (tertiary/aromatic N) is 1. The van der Waals surface area contributed by atoms with Crippen molar-refractivity contribution in [3.63, 3.8) is 0 Å². The summed E-state index contributed by atoms with van der Waals surface area (Å²) in [4.78, 5) is 40.4. The first kappa shape index (κ1) is 8.30. The van der Waals surface area contributed by atoms with E-state index in [1.807, 2.05) is 0 Å². The summed E-state index contributed by atoms with van der Waals surface area (Å²) in [6.07, 6.45) is 1.08. The lowest BCUT2D eigenvalue weighted by Gasteiger charge is -1.94. The minimum Gasteiger partial charge on any atom is -0.300 e. The van der Waals surface area contributed by atoms with Crippen molar-refractivity contribution in [1.82, 2.24) is 19.5 Å². The zero-order valence-electron chi connectivity index (χ0n) is 6.96. The van der Waals surface area contributed by atoms with Gasteiger partial charge in [0.15, 0.2) is 5.52 Å². The molecule has 14 heavy (non-hydrogen) atoms. The molecule has 0 atom stereocenters. The molecule has 3 N–H and O–H groups in total. The summed E-state index contributed by atoms with van der Waals surface area (Å²) < 4.78 is 0.770. The van der Waals surface area contributed by atoms with E-state index in [0.29, 0.717) is 0 Å². The summed E-state index contributed by atoms with van der Waals surface area (Å²) in [5, 5.41) is 0. The van der Waals surface area contributed by atoms with E-state index in [4.69, 9.17) is 0 Å². The number of fused-ring (bicyclic) bond motifs is 1. The van der Waals surface area contributed by atoms with E-state index in [2.05, 4.69) is 21.5 Å². The molecule has 0 bridgehead atoms. The summed E-state index contributed by atoms with van der Waals surface area (Å²) in [6.45, 7) is 3.31. The number of imidazole rings is 1. The van der Waals surface area contributed by atoms with Gasteiger partial charge in [0, 0.05) is 6.20 Å². The Morgan fingerprint density at radius 1 is 1.14 bits per heavy atom. The van der Waals surface area contributed by atoms with Gasteiger partial charge >= 0.3 is 11.4 Å². The number of hydrogen-bond acceptors (Lipinski definition) is 3. The Morgan fingerprint density at radius 3 is 2.50 bits per heavy atom. The van der Waals surface area contributed by atoms with Crippen LogP contribution in [0.25, 0.3) is 17.4 Å². The molecule has 0 spiro atoms. The van der Waals surface area contributed by atoms with Crippen LogP contribution in [0.2, 0.25) is 0 Å². The third kappa shape index (κ3) is 0.954. The monoisotopic (exact) mass is 194 g/mol. The highest BCUT2D eigenvalue weighted by atomic mass is 16.2. The van der Waals surface area contributed by atoms with Crippen molar-refractivity contribution in [2.45, 2.75) is 0 Å². The van der Waals surface area contributed by atoms with Gasteiger partial charge in [-0.05, 0) is 0 Å². The molecule has 0 unspecified atom stereocenters. The SMILES string of the molecule is C=Cn1c(=O)[nH]c2[nH]c(=O)[nH]c2c1=O. The molecular formula is C7H6N4O3. The van der Waals surface area contributed by atoms with Gasteiger partial charge in [-0.15, -0.1) is 0 Å². The molecule has 2 rings (SSSR count). The molecule has 2 aromatic rings. The first-order valence-corrected chi connectivity index (χ1v) is 3.73. The fourth-order valence-electron chi connectivity index (χ4n) is 1.18. The first-order valence-electron chi connectivity index (χ1n) is 3.73. The van der Waals surface area contributed by atoms with Crippen molar-refractivity contribution < 1.29 is 0 Å². The summed E-state index contributed by atoms with van der Waals surface area (Å²) in [5.41, 5.74) is -1.70. The maximum atomic E-state index is 11.5. The van der Waals surface area contributed by atoms with Crippen molar-refractivity contribution in [1.29, 1.82) is 0 Å². The highest BCUT2D eigenvalue weighted by Gasteiger charge is 2.07. The molecule has 0 aromatic carbocycles. The molecule has 0 saturated carbocycles. The van der Waals surface area contributed by atoms with Crippen molar-refractivity contribution in [3.8, 4) is 0 Å². The van der Waals surface area contributed by atoms with Crippen LogP contribution in [0, 0.1) is 0 Å². The van der Waals surface area contributed by atoms with Crippen LogP contribution >= 0.6 is 0 Å². The number of H-pyrrole nitrogens is 3. The van der Waals surface area contributed by atoms with E-state index in [-0.39, 0.29) is 11.2 Å². The van der Waals surface area contributed by atoms with Crippen LogP contribution in [0.4, 0.5) is 0 Å². The number of aromatic amines is 3. The predicted molar refractivity (Wildman–Crippen MR) is 50.2 cm³/mol.